The third kappa shape index (κ3) is 3.98. The minimum absolute atomic E-state index is 0.502. The molecule has 0 spiro atoms. The molecular weight excluding hydrogens is 512 g/mol. The van der Waals surface area contributed by atoms with Crippen LogP contribution in [0.4, 0.5) is 8.96 Å². The van der Waals surface area contributed by atoms with Gasteiger partial charge in [0, 0.05) is 17.7 Å². The van der Waals surface area contributed by atoms with E-state index in [0.29, 0.717) is 22.8 Å². The van der Waals surface area contributed by atoms with E-state index in [1.165, 1.54) is 9.36 Å². The van der Waals surface area contributed by atoms with E-state index in [9.17, 15) is 0 Å². The molecule has 41 heavy (non-hydrogen) atoms. The second kappa shape index (κ2) is 9.22. The van der Waals surface area contributed by atoms with Crippen molar-refractivity contribution in [3.05, 3.63) is 133 Å². The Hall–Kier alpha value is -4.09. The molecule has 3 aromatic carbocycles. The van der Waals surface area contributed by atoms with Crippen molar-refractivity contribution in [1.29, 1.82) is 0 Å². The maximum absolute atomic E-state index is 17.2. The molecule has 2 aliphatic rings. The molecule has 0 N–H and O–H groups in total. The Bertz CT molecular complexity index is 1830. The predicted molar refractivity (Wildman–Crippen MR) is 165 cm³/mol. The summed E-state index contributed by atoms with van der Waals surface area (Å²) in [6.07, 6.45) is 3.73. The standard InChI is InChI=1S/C36H37F2N3/c1-20-14-23(4)33(24(5)15-20)29-10-12-31-36(35-27(8)18-22(3)19-28(35)9)32-13-11-30(40(32)41(37,38)39(29)31)34-25(6)16-21(2)17-26(34)7/h10-19H,1-9H3/q+2. The molecule has 1 aromatic heterocycles. The third-order valence-corrected chi connectivity index (χ3v) is 8.50. The van der Waals surface area contributed by atoms with Crippen LogP contribution >= 0.6 is 0 Å². The molecule has 2 aliphatic heterocycles. The zero-order valence-corrected chi connectivity index (χ0v) is 25.4. The van der Waals surface area contributed by atoms with Crippen molar-refractivity contribution in [2.75, 3.05) is 0 Å². The van der Waals surface area contributed by atoms with Crippen LogP contribution in [0.25, 0.3) is 16.8 Å². The zero-order valence-electron chi connectivity index (χ0n) is 25.4. The highest BCUT2D eigenvalue weighted by Crippen LogP contribution is 2.45. The largest absolute Gasteiger partial charge is 0.383 e. The molecule has 5 heteroatoms. The first-order valence-electron chi connectivity index (χ1n) is 14.2. The van der Waals surface area contributed by atoms with E-state index in [2.05, 4.69) is 57.2 Å². The van der Waals surface area contributed by atoms with E-state index in [0.717, 1.165) is 72.3 Å². The highest BCUT2D eigenvalue weighted by atomic mass is 19.4. The SMILES string of the molecule is Cc1cc(C)c(C2=C3C=CC(c4c(C)cc(C)cc4C)=[N+]3[N+](F)(F)n3c2ccc3-c2c(C)cc(C)cc2C)c(C)c1. The van der Waals surface area contributed by atoms with Gasteiger partial charge in [0.2, 0.25) is 0 Å². The quantitative estimate of drug-likeness (QED) is 0.178. The Morgan fingerprint density at radius 3 is 1.44 bits per heavy atom. The average molecular weight is 550 g/mol. The van der Waals surface area contributed by atoms with Gasteiger partial charge >= 0.3 is 5.15 Å². The number of rotatable bonds is 3. The molecular formula is C36H37F2N3+2. The number of aryl methyl sites for hydroxylation is 9. The van der Waals surface area contributed by atoms with E-state index < -0.39 is 5.15 Å². The van der Waals surface area contributed by atoms with E-state index in [-0.39, 0.29) is 0 Å². The van der Waals surface area contributed by atoms with Crippen molar-refractivity contribution in [3.63, 3.8) is 0 Å². The van der Waals surface area contributed by atoms with Gasteiger partial charge in [0.05, 0.1) is 15.8 Å². The molecule has 3 nitrogen and oxygen atoms in total. The fourth-order valence-corrected chi connectivity index (χ4v) is 7.35. The Morgan fingerprint density at radius 2 is 0.951 bits per heavy atom. The summed E-state index contributed by atoms with van der Waals surface area (Å²) >= 11 is 0. The molecule has 0 amide bonds. The number of aromatic nitrogens is 1. The molecule has 4 aromatic rings. The predicted octanol–water partition coefficient (Wildman–Crippen LogP) is 8.90. The number of hydrogen-bond acceptors (Lipinski definition) is 0. The third-order valence-electron chi connectivity index (χ3n) is 8.50. The molecule has 3 heterocycles. The van der Waals surface area contributed by atoms with Gasteiger partial charge in [-0.15, -0.1) is 0 Å². The van der Waals surface area contributed by atoms with Crippen molar-refractivity contribution in [1.82, 2.24) is 9.82 Å². The van der Waals surface area contributed by atoms with Crippen LogP contribution in [-0.4, -0.2) is 15.1 Å². The van der Waals surface area contributed by atoms with E-state index in [4.69, 9.17) is 0 Å². The minimum atomic E-state index is -2.46. The van der Waals surface area contributed by atoms with Gasteiger partial charge in [0.1, 0.15) is 20.4 Å². The summed E-state index contributed by atoms with van der Waals surface area (Å²) in [5.74, 6) is 0. The molecule has 0 saturated carbocycles. The lowest BCUT2D eigenvalue weighted by atomic mass is 9.90. The van der Waals surface area contributed by atoms with Gasteiger partial charge in [-0.3, -0.25) is 0 Å². The Balaban J connectivity index is 1.77. The highest BCUT2D eigenvalue weighted by Gasteiger charge is 2.61. The normalized spacial score (nSPS) is 15.6. The van der Waals surface area contributed by atoms with Gasteiger partial charge in [0.15, 0.2) is 0 Å². The number of nitrogens with zero attached hydrogens (tertiary/aromatic N) is 3. The fraction of sp³-hybridized carbons (Fsp3) is 0.250. The van der Waals surface area contributed by atoms with Gasteiger partial charge in [-0.1, -0.05) is 57.8 Å². The molecule has 208 valence electrons. The van der Waals surface area contributed by atoms with Gasteiger partial charge in [-0.2, -0.15) is 0 Å². The average Bonchev–Trinajstić information content (AvgIpc) is 3.46. The Morgan fingerprint density at radius 1 is 0.537 bits per heavy atom. The van der Waals surface area contributed by atoms with Crippen LogP contribution in [0.2, 0.25) is 0 Å². The molecule has 0 radical (unpaired) electrons. The van der Waals surface area contributed by atoms with Crippen LogP contribution < -0.4 is 5.15 Å². The second-order valence-electron chi connectivity index (χ2n) is 12.0. The van der Waals surface area contributed by atoms with Crippen LogP contribution in [-0.2, 0) is 0 Å². The van der Waals surface area contributed by atoms with Gasteiger partial charge in [-0.25, -0.2) is 0 Å². The molecule has 0 aliphatic carbocycles. The monoisotopic (exact) mass is 549 g/mol. The summed E-state index contributed by atoms with van der Waals surface area (Å²) in [5, 5.41) is -2.46. The Kier molecular flexibility index (Phi) is 6.09. The molecule has 0 fully saturated rings. The number of allylic oxidation sites excluding steroid dienone is 2. The maximum atomic E-state index is 17.2. The van der Waals surface area contributed by atoms with Crippen molar-refractivity contribution in [2.45, 2.75) is 62.3 Å². The second-order valence-corrected chi connectivity index (χ2v) is 12.0. The van der Waals surface area contributed by atoms with Crippen LogP contribution in [0, 0.1) is 62.3 Å². The van der Waals surface area contributed by atoms with E-state index >= 15 is 8.96 Å². The molecule has 6 rings (SSSR count). The molecule has 0 atom stereocenters. The van der Waals surface area contributed by atoms with Crippen molar-refractivity contribution < 1.29 is 13.6 Å². The van der Waals surface area contributed by atoms with E-state index in [1.807, 2.05) is 65.8 Å². The summed E-state index contributed by atoms with van der Waals surface area (Å²) in [7, 11) is 0. The molecule has 0 unspecified atom stereocenters. The minimum Gasteiger partial charge on any atom is -0.0557 e. The lowest BCUT2D eigenvalue weighted by molar-refractivity contribution is -0.771. The summed E-state index contributed by atoms with van der Waals surface area (Å²) in [4.78, 5) is 0. The summed E-state index contributed by atoms with van der Waals surface area (Å²) in [6, 6.07) is 16.3. The van der Waals surface area contributed by atoms with Gasteiger partial charge < -0.3 is 0 Å². The fourth-order valence-electron chi connectivity index (χ4n) is 7.35. The highest BCUT2D eigenvalue weighted by molar-refractivity contribution is 6.10. The lowest BCUT2D eigenvalue weighted by Gasteiger charge is -2.24. The van der Waals surface area contributed by atoms with Gasteiger partial charge in [-0.05, 0) is 113 Å². The Labute approximate surface area is 241 Å². The van der Waals surface area contributed by atoms with Crippen LogP contribution in [0.15, 0.2) is 66.4 Å². The van der Waals surface area contributed by atoms with Crippen LogP contribution in [0.3, 0.4) is 0 Å². The van der Waals surface area contributed by atoms with E-state index in [1.54, 1.807) is 0 Å². The zero-order chi connectivity index (χ0) is 29.5. The van der Waals surface area contributed by atoms with Crippen molar-refractivity contribution in [2.24, 2.45) is 0 Å². The first-order valence-corrected chi connectivity index (χ1v) is 14.2. The number of benzene rings is 3. The van der Waals surface area contributed by atoms with Crippen molar-refractivity contribution in [3.8, 4) is 11.3 Å². The summed E-state index contributed by atoms with van der Waals surface area (Å²) in [6.45, 7) is 18.4. The van der Waals surface area contributed by atoms with Crippen molar-refractivity contribution >= 4 is 11.3 Å². The summed E-state index contributed by atoms with van der Waals surface area (Å²) < 4.78 is 36.9. The molecule has 0 saturated heterocycles. The first kappa shape index (κ1) is 27.1. The first-order chi connectivity index (χ1) is 19.3. The topological polar surface area (TPSA) is 7.94 Å². The maximum Gasteiger partial charge on any atom is 0.383 e. The lowest BCUT2D eigenvalue weighted by Crippen LogP contribution is -2.55. The van der Waals surface area contributed by atoms with Crippen LogP contribution in [0.1, 0.15) is 66.9 Å². The number of fused-ring (bicyclic) bond motifs is 2. The smallest absolute Gasteiger partial charge is 0.0557 e. The van der Waals surface area contributed by atoms with Gasteiger partial charge in [0.25, 0.3) is 11.4 Å². The number of hydrogen-bond donors (Lipinski definition) is 0. The number of quaternary nitrogens is 1. The molecule has 0 bridgehead atoms. The van der Waals surface area contributed by atoms with Crippen LogP contribution in [0.5, 0.6) is 0 Å². The summed E-state index contributed by atoms with van der Waals surface area (Å²) in [5.41, 5.74) is 15.0. The number of halogens is 2.